The summed E-state index contributed by atoms with van der Waals surface area (Å²) >= 11 is 1.32. The number of sulfonamides is 1. The van der Waals surface area contributed by atoms with Gasteiger partial charge in [-0.05, 0) is 39.2 Å². The maximum Gasteiger partial charge on any atom is 0.233 e. The van der Waals surface area contributed by atoms with E-state index in [2.05, 4.69) is 14.7 Å². The van der Waals surface area contributed by atoms with Crippen molar-refractivity contribution in [1.29, 1.82) is 0 Å². The molecule has 1 amide bonds. The van der Waals surface area contributed by atoms with E-state index in [0.29, 0.717) is 11.7 Å². The molecule has 1 fully saturated rings. The fraction of sp³-hybridized carbons (Fsp3) is 0.667. The number of likely N-dealkylation sites (tertiary alicyclic amines) is 1. The van der Waals surface area contributed by atoms with Crippen LogP contribution in [-0.2, 0) is 14.8 Å². The number of rotatable bonds is 6. The molecule has 1 unspecified atom stereocenters. The Morgan fingerprint density at radius 1 is 1.33 bits per heavy atom. The summed E-state index contributed by atoms with van der Waals surface area (Å²) in [6.07, 6.45) is 3.91. The lowest BCUT2D eigenvalue weighted by molar-refractivity contribution is -0.131. The molecule has 1 N–H and O–H groups in total. The Morgan fingerprint density at radius 3 is 2.62 bits per heavy atom. The molecule has 0 bridgehead atoms. The van der Waals surface area contributed by atoms with E-state index in [4.69, 9.17) is 0 Å². The van der Waals surface area contributed by atoms with E-state index in [1.165, 1.54) is 11.8 Å². The van der Waals surface area contributed by atoms with Gasteiger partial charge in [0.15, 0.2) is 5.16 Å². The Bertz CT molecular complexity index is 674. The van der Waals surface area contributed by atoms with Crippen LogP contribution < -0.4 is 4.72 Å². The quantitative estimate of drug-likeness (QED) is 0.594. The minimum absolute atomic E-state index is 0.00256. The number of carbonyl (C=O) groups is 1. The van der Waals surface area contributed by atoms with Crippen molar-refractivity contribution in [2.24, 2.45) is 0 Å². The summed E-state index contributed by atoms with van der Waals surface area (Å²) in [6.45, 7) is 4.74. The fourth-order valence-electron chi connectivity index (χ4n) is 2.76. The second-order valence-corrected chi connectivity index (χ2v) is 8.85. The smallest absolute Gasteiger partial charge is 0.233 e. The minimum Gasteiger partial charge on any atom is -0.338 e. The van der Waals surface area contributed by atoms with Crippen LogP contribution in [-0.4, -0.2) is 60.3 Å². The molecule has 2 rings (SSSR count). The Kier molecular flexibility index (Phi) is 6.59. The zero-order valence-corrected chi connectivity index (χ0v) is 15.9. The molecule has 2 heterocycles. The van der Waals surface area contributed by atoms with Crippen molar-refractivity contribution in [3.05, 3.63) is 17.5 Å². The molecule has 1 aromatic rings. The van der Waals surface area contributed by atoms with Crippen molar-refractivity contribution in [3.63, 3.8) is 0 Å². The van der Waals surface area contributed by atoms with Gasteiger partial charge in [0.2, 0.25) is 15.9 Å². The summed E-state index contributed by atoms with van der Waals surface area (Å²) in [4.78, 5) is 23.0. The average Bonchev–Trinajstić information content (AvgIpc) is 2.49. The predicted molar refractivity (Wildman–Crippen MR) is 94.4 cm³/mol. The molecule has 1 aliphatic rings. The van der Waals surface area contributed by atoms with Gasteiger partial charge in [-0.15, -0.1) is 0 Å². The van der Waals surface area contributed by atoms with E-state index in [9.17, 15) is 13.2 Å². The zero-order chi connectivity index (χ0) is 17.7. The lowest BCUT2D eigenvalue weighted by atomic mass is 10.0. The Morgan fingerprint density at radius 2 is 2.00 bits per heavy atom. The van der Waals surface area contributed by atoms with Crippen LogP contribution in [0.2, 0.25) is 0 Å². The standard InChI is InChI=1S/C15H24N4O3S2/c1-11-8-12(2)18-15(17-11)23-10-14(20)19-7-5-4-6-13(19)9-16-24(3,21)22/h8,13,16H,4-7,9-10H2,1-3H3. The maximum absolute atomic E-state index is 12.5. The number of nitrogens with one attached hydrogen (secondary N) is 1. The number of thioether (sulfide) groups is 1. The monoisotopic (exact) mass is 372 g/mol. The van der Waals surface area contributed by atoms with Gasteiger partial charge in [0.25, 0.3) is 0 Å². The molecule has 9 heteroatoms. The third kappa shape index (κ3) is 6.03. The van der Waals surface area contributed by atoms with Gasteiger partial charge in [-0.2, -0.15) is 0 Å². The average molecular weight is 373 g/mol. The van der Waals surface area contributed by atoms with E-state index < -0.39 is 10.0 Å². The molecule has 0 saturated carbocycles. The lowest BCUT2D eigenvalue weighted by Gasteiger charge is -2.35. The van der Waals surface area contributed by atoms with Crippen LogP contribution in [0.4, 0.5) is 0 Å². The van der Waals surface area contributed by atoms with Gasteiger partial charge in [-0.3, -0.25) is 4.79 Å². The van der Waals surface area contributed by atoms with Crippen molar-refractivity contribution >= 4 is 27.7 Å². The molecular formula is C15H24N4O3S2. The van der Waals surface area contributed by atoms with Crippen LogP contribution >= 0.6 is 11.8 Å². The molecule has 0 aliphatic carbocycles. The molecule has 1 aromatic heterocycles. The van der Waals surface area contributed by atoms with Crippen LogP contribution in [0.1, 0.15) is 30.7 Å². The highest BCUT2D eigenvalue weighted by Gasteiger charge is 2.27. The highest BCUT2D eigenvalue weighted by atomic mass is 32.2. The van der Waals surface area contributed by atoms with E-state index >= 15 is 0 Å². The summed E-state index contributed by atoms with van der Waals surface area (Å²) in [6, 6.07) is 1.81. The SMILES string of the molecule is Cc1cc(C)nc(SCC(=O)N2CCCCC2CNS(C)(=O)=O)n1. The Labute approximate surface area is 147 Å². The van der Waals surface area contributed by atoms with E-state index in [1.54, 1.807) is 4.90 Å². The van der Waals surface area contributed by atoms with Crippen LogP contribution in [0.25, 0.3) is 0 Å². The minimum atomic E-state index is -3.25. The number of amides is 1. The predicted octanol–water partition coefficient (Wildman–Crippen LogP) is 1.12. The third-order valence-corrected chi connectivity index (χ3v) is 5.34. The molecule has 0 radical (unpaired) electrons. The van der Waals surface area contributed by atoms with Crippen LogP contribution in [0.3, 0.4) is 0 Å². The summed E-state index contributed by atoms with van der Waals surface area (Å²) in [7, 11) is -3.25. The normalized spacial score (nSPS) is 18.6. The second kappa shape index (κ2) is 8.26. The van der Waals surface area contributed by atoms with Gasteiger partial charge in [0.05, 0.1) is 12.0 Å². The molecule has 0 spiro atoms. The van der Waals surface area contributed by atoms with Crippen LogP contribution in [0.5, 0.6) is 0 Å². The molecule has 1 aliphatic heterocycles. The molecule has 1 atom stereocenters. The topological polar surface area (TPSA) is 92.3 Å². The fourth-order valence-corrected chi connectivity index (χ4v) is 4.09. The molecule has 134 valence electrons. The first kappa shape index (κ1) is 19.1. The van der Waals surface area contributed by atoms with Gasteiger partial charge in [0, 0.05) is 30.5 Å². The molecule has 24 heavy (non-hydrogen) atoms. The van der Waals surface area contributed by atoms with Gasteiger partial charge in [-0.25, -0.2) is 23.1 Å². The number of nitrogens with zero attached hydrogens (tertiary/aromatic N) is 3. The third-order valence-electron chi connectivity index (χ3n) is 3.82. The summed E-state index contributed by atoms with van der Waals surface area (Å²) in [5.74, 6) is 0.265. The number of hydrogen-bond donors (Lipinski definition) is 1. The molecule has 1 saturated heterocycles. The maximum atomic E-state index is 12.5. The Hall–Kier alpha value is -1.19. The van der Waals surface area contributed by atoms with Crippen molar-refractivity contribution in [2.75, 3.05) is 25.1 Å². The summed E-state index contributed by atoms with van der Waals surface area (Å²) in [5, 5.41) is 0.601. The second-order valence-electron chi connectivity index (χ2n) is 6.08. The van der Waals surface area contributed by atoms with Crippen molar-refractivity contribution < 1.29 is 13.2 Å². The first-order valence-corrected chi connectivity index (χ1v) is 10.8. The van der Waals surface area contributed by atoms with Crippen molar-refractivity contribution in [1.82, 2.24) is 19.6 Å². The van der Waals surface area contributed by atoms with Crippen LogP contribution in [0.15, 0.2) is 11.2 Å². The van der Waals surface area contributed by atoms with Crippen molar-refractivity contribution in [3.8, 4) is 0 Å². The number of aromatic nitrogens is 2. The first-order valence-electron chi connectivity index (χ1n) is 7.94. The number of aryl methyl sites for hydroxylation is 2. The van der Waals surface area contributed by atoms with E-state index in [1.807, 2.05) is 19.9 Å². The zero-order valence-electron chi connectivity index (χ0n) is 14.3. The largest absolute Gasteiger partial charge is 0.338 e. The molecule has 0 aromatic carbocycles. The summed E-state index contributed by atoms with van der Waals surface area (Å²) in [5.41, 5.74) is 1.76. The van der Waals surface area contributed by atoms with Gasteiger partial charge in [0.1, 0.15) is 0 Å². The number of hydrogen-bond acceptors (Lipinski definition) is 6. The Balaban J connectivity index is 1.95. The van der Waals surface area contributed by atoms with Gasteiger partial charge in [-0.1, -0.05) is 11.8 Å². The highest BCUT2D eigenvalue weighted by molar-refractivity contribution is 7.99. The van der Waals surface area contributed by atoms with Gasteiger partial charge >= 0.3 is 0 Å². The van der Waals surface area contributed by atoms with Crippen LogP contribution in [0, 0.1) is 13.8 Å². The van der Waals surface area contributed by atoms with E-state index in [-0.39, 0.29) is 24.2 Å². The van der Waals surface area contributed by atoms with Gasteiger partial charge < -0.3 is 4.90 Å². The first-order chi connectivity index (χ1) is 11.2. The molecule has 7 nitrogen and oxygen atoms in total. The number of carbonyl (C=O) groups excluding carboxylic acids is 1. The lowest BCUT2D eigenvalue weighted by Crippen LogP contribution is -2.49. The van der Waals surface area contributed by atoms with Crippen molar-refractivity contribution in [2.45, 2.75) is 44.3 Å². The molecular weight excluding hydrogens is 348 g/mol. The summed E-state index contributed by atoms with van der Waals surface area (Å²) < 4.78 is 25.1. The van der Waals surface area contributed by atoms with E-state index in [0.717, 1.165) is 36.9 Å². The highest BCUT2D eigenvalue weighted by Crippen LogP contribution is 2.20. The number of piperidine rings is 1.